The van der Waals surface area contributed by atoms with Gasteiger partial charge < -0.3 is 5.11 Å². The largest absolute Gasteiger partial charge is 0.481 e. The summed E-state index contributed by atoms with van der Waals surface area (Å²) >= 11 is 2.89. The minimum absolute atomic E-state index is 0.144. The summed E-state index contributed by atoms with van der Waals surface area (Å²) in [7, 11) is -4.18. The van der Waals surface area contributed by atoms with Crippen molar-refractivity contribution in [3.8, 4) is 0 Å². The second-order valence-electron chi connectivity index (χ2n) is 4.62. The van der Waals surface area contributed by atoms with Crippen molar-refractivity contribution >= 4 is 49.3 Å². The highest BCUT2D eigenvalue weighted by Gasteiger charge is 2.43. The molecule has 0 spiro atoms. The van der Waals surface area contributed by atoms with E-state index in [1.165, 1.54) is 6.92 Å². The van der Waals surface area contributed by atoms with E-state index in [1.54, 1.807) is 0 Å². The molecule has 1 rings (SSSR count). The number of alkyl halides is 1. The first-order valence-corrected chi connectivity index (χ1v) is 8.62. The van der Waals surface area contributed by atoms with Crippen LogP contribution >= 0.6 is 15.9 Å². The van der Waals surface area contributed by atoms with Gasteiger partial charge in [0.05, 0.1) is 17.0 Å². The van der Waals surface area contributed by atoms with E-state index in [0.29, 0.717) is 4.90 Å². The van der Waals surface area contributed by atoms with E-state index < -0.39 is 55.8 Å². The van der Waals surface area contributed by atoms with Crippen LogP contribution in [-0.2, 0) is 29.0 Å². The minimum Gasteiger partial charge on any atom is -0.481 e. The van der Waals surface area contributed by atoms with Gasteiger partial charge in [-0.3, -0.25) is 24.1 Å². The van der Waals surface area contributed by atoms with Crippen LogP contribution in [0.1, 0.15) is 26.2 Å². The number of hydrogen-bond acceptors (Lipinski definition) is 6. The Labute approximate surface area is 129 Å². The van der Waals surface area contributed by atoms with E-state index in [2.05, 4.69) is 15.9 Å². The van der Waals surface area contributed by atoms with Gasteiger partial charge in [-0.1, -0.05) is 15.9 Å². The first-order valence-electron chi connectivity index (χ1n) is 5.99. The second kappa shape index (κ2) is 6.65. The third-order valence-electron chi connectivity index (χ3n) is 2.96. The first-order chi connectivity index (χ1) is 9.56. The van der Waals surface area contributed by atoms with Crippen LogP contribution in [-0.4, -0.2) is 57.9 Å². The summed E-state index contributed by atoms with van der Waals surface area (Å²) < 4.78 is 24.5. The molecule has 1 heterocycles. The molecule has 2 unspecified atom stereocenters. The first kappa shape index (κ1) is 17.8. The van der Waals surface area contributed by atoms with Gasteiger partial charge in [-0.15, -0.1) is 0 Å². The quantitative estimate of drug-likeness (QED) is 0.472. The standard InChI is InChI=1S/C11H14BrNO7S/c1-6(14)7(12)5-21(19,20)10(4-11(17)18)13-8(15)2-3-9(13)16/h7,10H,2-5H2,1H3,(H,17,18). The number of likely N-dealkylation sites (tertiary alicyclic amines) is 1. The molecule has 2 atom stereocenters. The molecule has 0 saturated carbocycles. The Morgan fingerprint density at radius 2 is 1.76 bits per heavy atom. The normalized spacial score (nSPS) is 18.7. The van der Waals surface area contributed by atoms with Crippen molar-refractivity contribution in [1.82, 2.24) is 4.90 Å². The number of imide groups is 1. The molecule has 0 radical (unpaired) electrons. The number of amides is 2. The maximum atomic E-state index is 12.3. The third-order valence-corrected chi connectivity index (χ3v) is 6.36. The predicted molar refractivity (Wildman–Crippen MR) is 74.3 cm³/mol. The van der Waals surface area contributed by atoms with Crippen LogP contribution in [0.4, 0.5) is 0 Å². The highest BCUT2D eigenvalue weighted by molar-refractivity contribution is 9.10. The number of carbonyl (C=O) groups is 4. The molecular formula is C11H14BrNO7S. The van der Waals surface area contributed by atoms with Crippen LogP contribution < -0.4 is 0 Å². The number of carboxylic acids is 1. The van der Waals surface area contributed by atoms with Crippen LogP contribution in [0.2, 0.25) is 0 Å². The molecule has 1 aliphatic rings. The lowest BCUT2D eigenvalue weighted by molar-refractivity contribution is -0.142. The van der Waals surface area contributed by atoms with Gasteiger partial charge in [0.1, 0.15) is 5.78 Å². The summed E-state index contributed by atoms with van der Waals surface area (Å²) in [6, 6.07) is 0. The molecule has 2 amide bonds. The molecule has 1 fully saturated rings. The van der Waals surface area contributed by atoms with Gasteiger partial charge in [0.2, 0.25) is 11.8 Å². The van der Waals surface area contributed by atoms with Crippen LogP contribution in [0.15, 0.2) is 0 Å². The molecule has 1 saturated heterocycles. The number of sulfone groups is 1. The number of aliphatic carboxylic acids is 1. The van der Waals surface area contributed by atoms with Gasteiger partial charge >= 0.3 is 5.97 Å². The molecule has 21 heavy (non-hydrogen) atoms. The Morgan fingerprint density at radius 3 is 2.14 bits per heavy atom. The van der Waals surface area contributed by atoms with Crippen molar-refractivity contribution in [2.75, 3.05) is 5.75 Å². The molecule has 0 aromatic rings. The molecule has 0 aliphatic carbocycles. The molecule has 0 aromatic heterocycles. The van der Waals surface area contributed by atoms with E-state index in [4.69, 9.17) is 5.11 Å². The molecule has 0 bridgehead atoms. The summed E-state index contributed by atoms with van der Waals surface area (Å²) in [4.78, 5) is 44.7. The zero-order valence-corrected chi connectivity index (χ0v) is 13.5. The van der Waals surface area contributed by atoms with Crippen molar-refractivity contribution in [1.29, 1.82) is 0 Å². The Bertz CT molecular complexity index is 569. The Kier molecular flexibility index (Phi) is 5.62. The number of carboxylic acid groups (broad SMARTS) is 1. The Morgan fingerprint density at radius 1 is 1.29 bits per heavy atom. The maximum Gasteiger partial charge on any atom is 0.306 e. The molecule has 1 N–H and O–H groups in total. The zero-order valence-electron chi connectivity index (χ0n) is 11.1. The average Bonchev–Trinajstić information content (AvgIpc) is 2.65. The van der Waals surface area contributed by atoms with Crippen molar-refractivity contribution in [2.24, 2.45) is 0 Å². The fraction of sp³-hybridized carbons (Fsp3) is 0.636. The molecule has 1 aliphatic heterocycles. The SMILES string of the molecule is CC(=O)C(Br)CS(=O)(=O)C(CC(=O)O)N1C(=O)CCC1=O. The third kappa shape index (κ3) is 4.34. The van der Waals surface area contributed by atoms with Gasteiger partial charge in [-0.2, -0.15) is 0 Å². The fourth-order valence-corrected chi connectivity index (χ4v) is 4.80. The zero-order chi connectivity index (χ0) is 16.4. The number of carbonyl (C=O) groups excluding carboxylic acids is 3. The number of rotatable bonds is 7. The van der Waals surface area contributed by atoms with E-state index in [9.17, 15) is 27.6 Å². The van der Waals surface area contributed by atoms with Crippen molar-refractivity contribution in [2.45, 2.75) is 36.4 Å². The maximum absolute atomic E-state index is 12.3. The minimum atomic E-state index is -4.18. The van der Waals surface area contributed by atoms with Crippen LogP contribution in [0.3, 0.4) is 0 Å². The number of nitrogens with zero attached hydrogens (tertiary/aromatic N) is 1. The van der Waals surface area contributed by atoms with E-state index in [1.807, 2.05) is 0 Å². The highest BCUT2D eigenvalue weighted by atomic mass is 79.9. The Balaban J connectivity index is 3.12. The number of halogens is 1. The fourth-order valence-electron chi connectivity index (χ4n) is 1.88. The van der Waals surface area contributed by atoms with E-state index >= 15 is 0 Å². The lowest BCUT2D eigenvalue weighted by Crippen LogP contribution is -2.47. The number of hydrogen-bond donors (Lipinski definition) is 1. The van der Waals surface area contributed by atoms with E-state index in [0.717, 1.165) is 0 Å². The molecule has 10 heteroatoms. The van der Waals surface area contributed by atoms with Gasteiger partial charge in [-0.05, 0) is 6.92 Å². The monoisotopic (exact) mass is 383 g/mol. The molecule has 0 aromatic carbocycles. The van der Waals surface area contributed by atoms with Crippen LogP contribution in [0, 0.1) is 0 Å². The smallest absolute Gasteiger partial charge is 0.306 e. The Hall–Kier alpha value is -1.29. The van der Waals surface area contributed by atoms with Crippen molar-refractivity contribution in [3.63, 3.8) is 0 Å². The van der Waals surface area contributed by atoms with E-state index in [-0.39, 0.29) is 12.8 Å². The van der Waals surface area contributed by atoms with Gasteiger partial charge in [0, 0.05) is 12.8 Å². The molecular weight excluding hydrogens is 370 g/mol. The second-order valence-corrected chi connectivity index (χ2v) is 7.93. The van der Waals surface area contributed by atoms with Crippen LogP contribution in [0.5, 0.6) is 0 Å². The molecule has 8 nitrogen and oxygen atoms in total. The summed E-state index contributed by atoms with van der Waals surface area (Å²) in [5.74, 6) is -4.03. The summed E-state index contributed by atoms with van der Waals surface area (Å²) in [6.07, 6.45) is -1.19. The number of ketones is 1. The lowest BCUT2D eigenvalue weighted by atomic mass is 10.3. The topological polar surface area (TPSA) is 126 Å². The summed E-state index contributed by atoms with van der Waals surface area (Å²) in [6.45, 7) is 1.17. The number of Topliss-reactive ketones (excluding diaryl/α,β-unsaturated/α-hetero) is 1. The van der Waals surface area contributed by atoms with Gasteiger partial charge in [0.15, 0.2) is 15.2 Å². The van der Waals surface area contributed by atoms with Crippen molar-refractivity contribution < 1.29 is 32.7 Å². The summed E-state index contributed by atoms with van der Waals surface area (Å²) in [5, 5.41) is 7.05. The van der Waals surface area contributed by atoms with Crippen molar-refractivity contribution in [3.05, 3.63) is 0 Å². The lowest BCUT2D eigenvalue weighted by Gasteiger charge is -2.25. The van der Waals surface area contributed by atoms with Gasteiger partial charge in [0.25, 0.3) is 0 Å². The predicted octanol–water partition coefficient (Wildman–Crippen LogP) is -0.296. The highest BCUT2D eigenvalue weighted by Crippen LogP contribution is 2.23. The van der Waals surface area contributed by atoms with Crippen LogP contribution in [0.25, 0.3) is 0 Å². The van der Waals surface area contributed by atoms with Gasteiger partial charge in [-0.25, -0.2) is 8.42 Å². The summed E-state index contributed by atoms with van der Waals surface area (Å²) in [5.41, 5.74) is 0. The molecule has 118 valence electrons. The average molecular weight is 384 g/mol.